The summed E-state index contributed by atoms with van der Waals surface area (Å²) >= 11 is 0. The van der Waals surface area contributed by atoms with Crippen molar-refractivity contribution in [2.75, 3.05) is 18.0 Å². The van der Waals surface area contributed by atoms with Gasteiger partial charge in [-0.3, -0.25) is 19.9 Å². The molecule has 1 spiro atoms. The number of nitrogens with two attached hydrogens (primary N) is 1. The van der Waals surface area contributed by atoms with Crippen LogP contribution in [0.25, 0.3) is 16.6 Å². The third kappa shape index (κ3) is 3.09. The predicted molar refractivity (Wildman–Crippen MR) is 135 cm³/mol. The lowest BCUT2D eigenvalue weighted by Crippen LogP contribution is -2.45. The van der Waals surface area contributed by atoms with E-state index in [9.17, 15) is 4.79 Å². The molecule has 0 amide bonds. The summed E-state index contributed by atoms with van der Waals surface area (Å²) in [5.41, 5.74) is 13.5. The first-order valence-corrected chi connectivity index (χ1v) is 12.3. The summed E-state index contributed by atoms with van der Waals surface area (Å²) in [6.07, 6.45) is 8.68. The minimum absolute atomic E-state index is 0.0617. The number of hydrogen-bond acceptors (Lipinski definition) is 6. The molecule has 4 aromatic rings. The lowest BCUT2D eigenvalue weighted by molar-refractivity contribution is 0.187. The summed E-state index contributed by atoms with van der Waals surface area (Å²) in [5.74, 6) is 0.594. The van der Waals surface area contributed by atoms with Crippen LogP contribution in [0, 0.1) is 5.41 Å². The van der Waals surface area contributed by atoms with Gasteiger partial charge in [0.2, 0.25) is 5.95 Å². The fourth-order valence-corrected chi connectivity index (χ4v) is 6.31. The fraction of sp³-hybridized carbons (Fsp3) is 0.333. The summed E-state index contributed by atoms with van der Waals surface area (Å²) in [4.78, 5) is 27.8. The molecule has 1 atom stereocenters. The molecule has 0 saturated carbocycles. The van der Waals surface area contributed by atoms with Crippen molar-refractivity contribution >= 4 is 22.6 Å². The summed E-state index contributed by atoms with van der Waals surface area (Å²) in [6, 6.07) is 12.6. The molecule has 8 heteroatoms. The Hall–Kier alpha value is -3.78. The highest BCUT2D eigenvalue weighted by molar-refractivity contribution is 5.94. The quantitative estimate of drug-likeness (QED) is 0.418. The summed E-state index contributed by atoms with van der Waals surface area (Å²) in [7, 11) is 0. The largest absolute Gasteiger partial charge is 0.342 e. The first kappa shape index (κ1) is 20.6. The molecule has 8 nitrogen and oxygen atoms in total. The third-order valence-corrected chi connectivity index (χ3v) is 8.23. The van der Waals surface area contributed by atoms with E-state index in [0.29, 0.717) is 22.7 Å². The molecule has 0 unspecified atom stereocenters. The molecule has 2 aliphatic carbocycles. The zero-order valence-corrected chi connectivity index (χ0v) is 19.4. The topological polar surface area (TPSA) is 117 Å². The minimum Gasteiger partial charge on any atom is -0.342 e. The number of allylic oxidation sites excluding steroid dienone is 1. The van der Waals surface area contributed by atoms with E-state index >= 15 is 0 Å². The highest BCUT2D eigenvalue weighted by Gasteiger charge is 2.46. The molecule has 176 valence electrons. The smallest absolute Gasteiger partial charge is 0.264 e. The second kappa shape index (κ2) is 7.61. The second-order valence-electron chi connectivity index (χ2n) is 10.0. The van der Waals surface area contributed by atoms with Crippen LogP contribution in [-0.4, -0.2) is 38.2 Å². The van der Waals surface area contributed by atoms with Crippen molar-refractivity contribution in [2.24, 2.45) is 11.1 Å². The van der Waals surface area contributed by atoms with Gasteiger partial charge in [-0.2, -0.15) is 10.1 Å². The van der Waals surface area contributed by atoms with Crippen LogP contribution >= 0.6 is 0 Å². The molecule has 1 aromatic carbocycles. The molecule has 35 heavy (non-hydrogen) atoms. The Labute approximate surface area is 202 Å². The van der Waals surface area contributed by atoms with Crippen molar-refractivity contribution in [3.05, 3.63) is 87.1 Å². The zero-order valence-electron chi connectivity index (χ0n) is 19.4. The second-order valence-corrected chi connectivity index (χ2v) is 10.0. The van der Waals surface area contributed by atoms with E-state index < -0.39 is 0 Å². The van der Waals surface area contributed by atoms with Crippen LogP contribution < -0.4 is 16.2 Å². The highest BCUT2D eigenvalue weighted by Crippen LogP contribution is 2.50. The lowest BCUT2D eigenvalue weighted by Gasteiger charge is -2.42. The number of nitrogens with zero attached hydrogens (tertiary/aromatic N) is 4. The van der Waals surface area contributed by atoms with Crippen LogP contribution in [-0.2, 0) is 12.8 Å². The Morgan fingerprint density at radius 3 is 2.83 bits per heavy atom. The molecule has 4 N–H and O–H groups in total. The van der Waals surface area contributed by atoms with Crippen LogP contribution in [0.4, 0.5) is 5.95 Å². The predicted octanol–water partition coefficient (Wildman–Crippen LogP) is 3.26. The molecule has 1 fully saturated rings. The van der Waals surface area contributed by atoms with E-state index in [1.54, 1.807) is 0 Å². The molecule has 7 rings (SSSR count). The number of pyridine rings is 1. The number of fused-ring (bicyclic) bond motifs is 3. The van der Waals surface area contributed by atoms with Gasteiger partial charge in [-0.05, 0) is 54.7 Å². The van der Waals surface area contributed by atoms with E-state index in [2.05, 4.69) is 55.4 Å². The number of H-pyrrole nitrogens is 2. The number of aromatic nitrogens is 5. The van der Waals surface area contributed by atoms with Crippen LogP contribution in [0.15, 0.2) is 53.5 Å². The molecular weight excluding hydrogens is 438 g/mol. The molecular formula is C27H27N7O. The Morgan fingerprint density at radius 1 is 1.11 bits per heavy atom. The minimum atomic E-state index is -0.170. The van der Waals surface area contributed by atoms with Gasteiger partial charge < -0.3 is 10.6 Å². The van der Waals surface area contributed by atoms with E-state index in [0.717, 1.165) is 62.0 Å². The van der Waals surface area contributed by atoms with Crippen molar-refractivity contribution in [2.45, 2.75) is 38.1 Å². The maximum Gasteiger partial charge on any atom is 0.264 e. The summed E-state index contributed by atoms with van der Waals surface area (Å²) in [6.45, 7) is 1.61. The van der Waals surface area contributed by atoms with Crippen molar-refractivity contribution in [1.29, 1.82) is 0 Å². The van der Waals surface area contributed by atoms with Gasteiger partial charge in [0, 0.05) is 42.2 Å². The van der Waals surface area contributed by atoms with Crippen molar-refractivity contribution in [1.82, 2.24) is 25.1 Å². The summed E-state index contributed by atoms with van der Waals surface area (Å²) < 4.78 is 0. The average molecular weight is 466 g/mol. The van der Waals surface area contributed by atoms with Crippen LogP contribution in [0.3, 0.4) is 0 Å². The number of benzene rings is 1. The van der Waals surface area contributed by atoms with Gasteiger partial charge in [-0.1, -0.05) is 36.4 Å². The monoisotopic (exact) mass is 465 g/mol. The van der Waals surface area contributed by atoms with E-state index in [-0.39, 0.29) is 17.0 Å². The molecule has 1 aliphatic heterocycles. The number of hydrogen-bond donors (Lipinski definition) is 3. The standard InChI is InChI=1S/C27H27N7O/c28-23-17-6-2-1-5-16(17)15-27(23)10-13-34(14-11-27)26-30-24-21(25(35)31-26)22(32-33-24)19-7-3-9-20-18(19)8-4-12-29-20/h1-2,4-8,12,23H,3,9-11,13-15,28H2,(H2,30,31,32,33,35)/t23-/m1/s1. The molecule has 3 aromatic heterocycles. The fourth-order valence-electron chi connectivity index (χ4n) is 6.31. The number of aryl methyl sites for hydroxylation is 1. The van der Waals surface area contributed by atoms with Gasteiger partial charge in [0.1, 0.15) is 11.1 Å². The normalized spacial score (nSPS) is 20.7. The molecule has 4 heterocycles. The van der Waals surface area contributed by atoms with Crippen LogP contribution in [0.1, 0.15) is 53.4 Å². The first-order valence-electron chi connectivity index (χ1n) is 12.3. The Balaban J connectivity index is 1.18. The van der Waals surface area contributed by atoms with E-state index in [1.807, 2.05) is 18.3 Å². The van der Waals surface area contributed by atoms with Gasteiger partial charge in [0.15, 0.2) is 5.65 Å². The Morgan fingerprint density at radius 2 is 1.97 bits per heavy atom. The van der Waals surface area contributed by atoms with Gasteiger partial charge in [-0.15, -0.1) is 0 Å². The number of aromatic amines is 2. The molecule has 1 saturated heterocycles. The number of piperidine rings is 1. The van der Waals surface area contributed by atoms with E-state index in [4.69, 9.17) is 10.7 Å². The lowest BCUT2D eigenvalue weighted by atomic mass is 9.73. The third-order valence-electron chi connectivity index (χ3n) is 8.23. The maximum atomic E-state index is 13.3. The van der Waals surface area contributed by atoms with Crippen LogP contribution in [0.5, 0.6) is 0 Å². The Bertz CT molecular complexity index is 1540. The van der Waals surface area contributed by atoms with Gasteiger partial charge in [-0.25, -0.2) is 0 Å². The molecule has 0 bridgehead atoms. The number of rotatable bonds is 2. The summed E-state index contributed by atoms with van der Waals surface area (Å²) in [5, 5.41) is 8.03. The van der Waals surface area contributed by atoms with E-state index in [1.165, 1.54) is 11.1 Å². The number of nitrogens with one attached hydrogen (secondary N) is 2. The van der Waals surface area contributed by atoms with Gasteiger partial charge in [0.25, 0.3) is 5.56 Å². The van der Waals surface area contributed by atoms with Crippen molar-refractivity contribution in [3.8, 4) is 0 Å². The highest BCUT2D eigenvalue weighted by atomic mass is 16.1. The van der Waals surface area contributed by atoms with Gasteiger partial charge in [0.05, 0.1) is 0 Å². The zero-order chi connectivity index (χ0) is 23.6. The Kier molecular flexibility index (Phi) is 4.48. The maximum absolute atomic E-state index is 13.3. The SMILES string of the molecule is N[C@@H]1c2ccccc2CC12CCN(c1nc3[nH]nc(C4=CCCc5ncccc54)c3c(=O)[nH]1)CC2. The van der Waals surface area contributed by atoms with Crippen LogP contribution in [0.2, 0.25) is 0 Å². The van der Waals surface area contributed by atoms with Gasteiger partial charge >= 0.3 is 0 Å². The first-order chi connectivity index (χ1) is 17.1. The molecule has 3 aliphatic rings. The van der Waals surface area contributed by atoms with Crippen molar-refractivity contribution < 1.29 is 0 Å². The van der Waals surface area contributed by atoms with Crippen molar-refractivity contribution in [3.63, 3.8) is 0 Å². The number of anilines is 1. The average Bonchev–Trinajstić information content (AvgIpc) is 3.44. The molecule has 0 radical (unpaired) electrons.